The molecule has 0 saturated heterocycles. The summed E-state index contributed by atoms with van der Waals surface area (Å²) in [5.74, 6) is 0. The Bertz CT molecular complexity index is 537. The first-order chi connectivity index (χ1) is 9.83. The highest BCUT2D eigenvalue weighted by Crippen LogP contribution is 2.07. The summed E-state index contributed by atoms with van der Waals surface area (Å²) in [6, 6.07) is 19.2. The molecular weight excluding hydrogens is 252 g/mol. The summed E-state index contributed by atoms with van der Waals surface area (Å²) < 4.78 is 0. The lowest BCUT2D eigenvalue weighted by atomic mass is 10.00. The fourth-order valence-corrected chi connectivity index (χ4v) is 1.97. The number of nitrogens with zero attached hydrogens (tertiary/aromatic N) is 2. The second-order valence-electron chi connectivity index (χ2n) is 4.42. The zero-order valence-corrected chi connectivity index (χ0v) is 11.0. The summed E-state index contributed by atoms with van der Waals surface area (Å²) in [5, 5.41) is 24.9. The molecule has 0 radical (unpaired) electrons. The Labute approximate surface area is 117 Å². The number of hydrogen-bond donors (Lipinski definition) is 2. The van der Waals surface area contributed by atoms with Gasteiger partial charge in [-0.3, -0.25) is 0 Å². The molecule has 0 heterocycles. The van der Waals surface area contributed by atoms with Gasteiger partial charge in [-0.15, -0.1) is 0 Å². The van der Waals surface area contributed by atoms with Gasteiger partial charge in [0.1, 0.15) is 11.4 Å². The normalized spacial score (nSPS) is 12.4. The predicted octanol–water partition coefficient (Wildman–Crippen LogP) is 3.13. The molecule has 0 fully saturated rings. The Morgan fingerprint density at radius 2 is 1.00 bits per heavy atom. The number of oxime groups is 2. The van der Waals surface area contributed by atoms with E-state index in [9.17, 15) is 0 Å². The summed E-state index contributed by atoms with van der Waals surface area (Å²) in [7, 11) is 0. The number of benzene rings is 2. The van der Waals surface area contributed by atoms with Crippen molar-refractivity contribution >= 4 is 11.4 Å². The highest BCUT2D eigenvalue weighted by molar-refractivity contribution is 6.42. The molecule has 0 amide bonds. The van der Waals surface area contributed by atoms with E-state index in [1.54, 1.807) is 0 Å². The van der Waals surface area contributed by atoms with E-state index in [1.807, 2.05) is 60.7 Å². The van der Waals surface area contributed by atoms with Crippen LogP contribution in [-0.4, -0.2) is 21.8 Å². The van der Waals surface area contributed by atoms with Gasteiger partial charge in [0.05, 0.1) is 0 Å². The monoisotopic (exact) mass is 268 g/mol. The first kappa shape index (κ1) is 13.8. The molecule has 0 aliphatic rings. The van der Waals surface area contributed by atoms with E-state index < -0.39 is 0 Å². The Balaban J connectivity index is 2.13. The topological polar surface area (TPSA) is 65.2 Å². The molecule has 2 aromatic rings. The summed E-state index contributed by atoms with van der Waals surface area (Å²) >= 11 is 0. The van der Waals surface area contributed by atoms with Gasteiger partial charge in [-0.05, 0) is 11.1 Å². The van der Waals surface area contributed by atoms with Crippen molar-refractivity contribution in [3.63, 3.8) is 0 Å². The van der Waals surface area contributed by atoms with Crippen molar-refractivity contribution in [3.05, 3.63) is 71.8 Å². The molecule has 0 atom stereocenters. The molecule has 0 unspecified atom stereocenters. The average molecular weight is 268 g/mol. The van der Waals surface area contributed by atoms with Gasteiger partial charge in [-0.1, -0.05) is 71.0 Å². The van der Waals surface area contributed by atoms with Gasteiger partial charge >= 0.3 is 0 Å². The van der Waals surface area contributed by atoms with Crippen LogP contribution in [0.25, 0.3) is 0 Å². The molecule has 2 aromatic carbocycles. The maximum atomic E-state index is 9.16. The summed E-state index contributed by atoms with van der Waals surface area (Å²) in [6.07, 6.45) is 0.840. The van der Waals surface area contributed by atoms with Crippen molar-refractivity contribution in [2.75, 3.05) is 0 Å². The smallest absolute Gasteiger partial charge is 0.109 e. The zero-order chi connectivity index (χ0) is 14.2. The summed E-state index contributed by atoms with van der Waals surface area (Å²) in [6.45, 7) is 0. The van der Waals surface area contributed by atoms with Gasteiger partial charge in [0.25, 0.3) is 0 Å². The second kappa shape index (κ2) is 7.09. The standard InChI is InChI=1S/C16H16N2O2/c19-17-15(11-13-7-3-1-4-8-13)16(18-20)12-14-9-5-2-6-10-14/h1-10,19-20H,11-12H2/b17-15-,18-16+. The maximum Gasteiger partial charge on any atom is 0.109 e. The fourth-order valence-electron chi connectivity index (χ4n) is 1.97. The molecule has 0 aliphatic heterocycles. The van der Waals surface area contributed by atoms with Crippen molar-refractivity contribution in [3.8, 4) is 0 Å². The van der Waals surface area contributed by atoms with E-state index in [4.69, 9.17) is 10.4 Å². The number of hydrogen-bond acceptors (Lipinski definition) is 4. The lowest BCUT2D eigenvalue weighted by Gasteiger charge is -2.07. The predicted molar refractivity (Wildman–Crippen MR) is 78.7 cm³/mol. The third kappa shape index (κ3) is 3.68. The molecule has 0 aliphatic carbocycles. The van der Waals surface area contributed by atoms with Crippen molar-refractivity contribution in [1.29, 1.82) is 0 Å². The zero-order valence-electron chi connectivity index (χ0n) is 11.0. The summed E-state index contributed by atoms with van der Waals surface area (Å²) in [4.78, 5) is 0. The molecule has 0 spiro atoms. The molecule has 4 nitrogen and oxygen atoms in total. The Hall–Kier alpha value is -2.62. The van der Waals surface area contributed by atoms with Gasteiger partial charge < -0.3 is 10.4 Å². The van der Waals surface area contributed by atoms with Gasteiger partial charge in [0.15, 0.2) is 0 Å². The van der Waals surface area contributed by atoms with Crippen LogP contribution in [0.4, 0.5) is 0 Å². The maximum absolute atomic E-state index is 9.16. The number of rotatable bonds is 5. The third-order valence-corrected chi connectivity index (χ3v) is 3.00. The van der Waals surface area contributed by atoms with Crippen LogP contribution in [0.5, 0.6) is 0 Å². The van der Waals surface area contributed by atoms with Crippen molar-refractivity contribution in [1.82, 2.24) is 0 Å². The van der Waals surface area contributed by atoms with Crippen molar-refractivity contribution in [2.24, 2.45) is 10.3 Å². The lowest BCUT2D eigenvalue weighted by Crippen LogP contribution is -2.20. The molecular formula is C16H16N2O2. The minimum atomic E-state index is 0.363. The molecule has 102 valence electrons. The molecule has 0 aromatic heterocycles. The van der Waals surface area contributed by atoms with E-state index in [2.05, 4.69) is 10.3 Å². The quantitative estimate of drug-likeness (QED) is 0.497. The molecule has 0 bridgehead atoms. The van der Waals surface area contributed by atoms with Crippen LogP contribution in [0, 0.1) is 0 Å². The average Bonchev–Trinajstić information content (AvgIpc) is 2.52. The van der Waals surface area contributed by atoms with E-state index in [-0.39, 0.29) is 0 Å². The second-order valence-corrected chi connectivity index (χ2v) is 4.42. The minimum Gasteiger partial charge on any atom is -0.411 e. The highest BCUT2D eigenvalue weighted by atomic mass is 16.4. The van der Waals surface area contributed by atoms with Gasteiger partial charge in [-0.2, -0.15) is 0 Å². The first-order valence-electron chi connectivity index (χ1n) is 6.33. The van der Waals surface area contributed by atoms with Crippen LogP contribution in [0.15, 0.2) is 71.0 Å². The summed E-state index contributed by atoms with van der Waals surface area (Å²) in [5.41, 5.74) is 2.72. The third-order valence-electron chi connectivity index (χ3n) is 3.00. The Morgan fingerprint density at radius 3 is 1.30 bits per heavy atom. The SMILES string of the molecule is O/N=C(Cc1ccccc1)\C(Cc1ccccc1)=N\O. The molecule has 2 N–H and O–H groups in total. The van der Waals surface area contributed by atoms with Crippen LogP contribution in [0.2, 0.25) is 0 Å². The van der Waals surface area contributed by atoms with E-state index in [0.717, 1.165) is 11.1 Å². The highest BCUT2D eigenvalue weighted by Gasteiger charge is 2.12. The van der Waals surface area contributed by atoms with Gasteiger partial charge in [0, 0.05) is 12.8 Å². The minimum absolute atomic E-state index is 0.363. The molecule has 2 rings (SSSR count). The molecule has 0 saturated carbocycles. The van der Waals surface area contributed by atoms with E-state index in [1.165, 1.54) is 0 Å². The lowest BCUT2D eigenvalue weighted by molar-refractivity contribution is 0.313. The van der Waals surface area contributed by atoms with Gasteiger partial charge in [-0.25, -0.2) is 0 Å². The molecule has 4 heteroatoms. The van der Waals surface area contributed by atoms with E-state index >= 15 is 0 Å². The Morgan fingerprint density at radius 1 is 0.650 bits per heavy atom. The van der Waals surface area contributed by atoms with Crippen LogP contribution in [0.1, 0.15) is 11.1 Å². The van der Waals surface area contributed by atoms with Gasteiger partial charge in [0.2, 0.25) is 0 Å². The fraction of sp³-hybridized carbons (Fsp3) is 0.125. The van der Waals surface area contributed by atoms with Crippen LogP contribution < -0.4 is 0 Å². The molecule has 20 heavy (non-hydrogen) atoms. The van der Waals surface area contributed by atoms with Crippen molar-refractivity contribution < 1.29 is 10.4 Å². The Kier molecular flexibility index (Phi) is 4.89. The van der Waals surface area contributed by atoms with Crippen LogP contribution in [-0.2, 0) is 12.8 Å². The van der Waals surface area contributed by atoms with Crippen LogP contribution >= 0.6 is 0 Å². The van der Waals surface area contributed by atoms with Crippen molar-refractivity contribution in [2.45, 2.75) is 12.8 Å². The van der Waals surface area contributed by atoms with E-state index in [0.29, 0.717) is 24.3 Å². The van der Waals surface area contributed by atoms with Crippen LogP contribution in [0.3, 0.4) is 0 Å². The largest absolute Gasteiger partial charge is 0.411 e. The first-order valence-corrected chi connectivity index (χ1v) is 6.33.